The summed E-state index contributed by atoms with van der Waals surface area (Å²) in [6, 6.07) is 16.0. The first-order chi connectivity index (χ1) is 20.0. The van der Waals surface area contributed by atoms with Gasteiger partial charge in [-0.3, -0.25) is 4.79 Å². The molecule has 0 saturated carbocycles. The van der Waals surface area contributed by atoms with Gasteiger partial charge in [0.15, 0.2) is 0 Å². The Kier molecular flexibility index (Phi) is 14.6. The van der Waals surface area contributed by atoms with E-state index < -0.39 is 0 Å². The van der Waals surface area contributed by atoms with E-state index in [4.69, 9.17) is 0 Å². The summed E-state index contributed by atoms with van der Waals surface area (Å²) in [4.78, 5) is 29.2. The minimum absolute atomic E-state index is 0.0110. The van der Waals surface area contributed by atoms with Crippen LogP contribution in [0.15, 0.2) is 48.5 Å². The van der Waals surface area contributed by atoms with E-state index in [0.717, 1.165) is 68.7 Å². The molecule has 0 unspecified atom stereocenters. The molecule has 1 aliphatic heterocycles. The lowest BCUT2D eigenvalue weighted by molar-refractivity contribution is 0.0953. The second-order valence-electron chi connectivity index (χ2n) is 12.0. The first-order valence-corrected chi connectivity index (χ1v) is 16.2. The van der Waals surface area contributed by atoms with Crippen molar-refractivity contribution in [3.05, 3.63) is 59.7 Å². The molecule has 6 nitrogen and oxygen atoms in total. The molecule has 1 fully saturated rings. The topological polar surface area (TPSA) is 64.7 Å². The van der Waals surface area contributed by atoms with E-state index in [2.05, 4.69) is 29.7 Å². The Hall–Kier alpha value is -3.02. The molecule has 1 heterocycles. The second-order valence-corrected chi connectivity index (χ2v) is 12.0. The van der Waals surface area contributed by atoms with Crippen LogP contribution in [0.4, 0.5) is 16.2 Å². The Morgan fingerprint density at radius 2 is 1.39 bits per heavy atom. The Bertz CT molecular complexity index is 1010. The first-order valence-electron chi connectivity index (χ1n) is 16.2. The van der Waals surface area contributed by atoms with Crippen molar-refractivity contribution in [2.45, 2.75) is 96.8 Å². The molecule has 0 bridgehead atoms. The molecule has 0 aromatic heterocycles. The van der Waals surface area contributed by atoms with Gasteiger partial charge in [-0.15, -0.1) is 0 Å². The number of nitrogens with one attached hydrogen (secondary N) is 2. The minimum atomic E-state index is -0.0110. The molecule has 1 saturated heterocycles. The van der Waals surface area contributed by atoms with Crippen LogP contribution in [0, 0.1) is 5.92 Å². The van der Waals surface area contributed by atoms with Crippen LogP contribution in [0.2, 0.25) is 0 Å². The maximum absolute atomic E-state index is 12.7. The van der Waals surface area contributed by atoms with Crippen LogP contribution in [-0.2, 0) is 6.42 Å². The molecule has 0 spiro atoms. The highest BCUT2D eigenvalue weighted by molar-refractivity contribution is 5.94. The van der Waals surface area contributed by atoms with Crippen molar-refractivity contribution in [1.29, 1.82) is 0 Å². The van der Waals surface area contributed by atoms with Gasteiger partial charge in [-0.2, -0.15) is 0 Å². The number of hydrogen-bond donors (Lipinski definition) is 2. The molecule has 0 atom stereocenters. The zero-order valence-corrected chi connectivity index (χ0v) is 25.9. The van der Waals surface area contributed by atoms with E-state index in [9.17, 15) is 9.59 Å². The van der Waals surface area contributed by atoms with Crippen LogP contribution >= 0.6 is 0 Å². The van der Waals surface area contributed by atoms with Crippen molar-refractivity contribution in [2.24, 2.45) is 5.92 Å². The highest BCUT2D eigenvalue weighted by Gasteiger charge is 2.22. The van der Waals surface area contributed by atoms with Gasteiger partial charge >= 0.3 is 6.03 Å². The smallest absolute Gasteiger partial charge is 0.321 e. The number of urea groups is 1. The van der Waals surface area contributed by atoms with Crippen LogP contribution in [0.1, 0.15) is 106 Å². The monoisotopic (exact) mass is 562 g/mol. The predicted octanol–water partition coefficient (Wildman–Crippen LogP) is 8.28. The molecular formula is C35H54N4O2. The molecule has 226 valence electrons. The molecule has 3 amide bonds. The molecule has 41 heavy (non-hydrogen) atoms. The number of rotatable bonds is 17. The first kappa shape index (κ1) is 32.5. The molecule has 0 radical (unpaired) electrons. The Morgan fingerprint density at radius 3 is 1.98 bits per heavy atom. The lowest BCUT2D eigenvalue weighted by Gasteiger charge is -2.32. The molecule has 0 aliphatic carbocycles. The highest BCUT2D eigenvalue weighted by Crippen LogP contribution is 2.24. The summed E-state index contributed by atoms with van der Waals surface area (Å²) in [5.74, 6) is 0.661. The number of hydrogen-bond acceptors (Lipinski definition) is 3. The molecule has 3 rings (SSSR count). The zero-order valence-electron chi connectivity index (χ0n) is 25.9. The summed E-state index contributed by atoms with van der Waals surface area (Å²) >= 11 is 0. The van der Waals surface area contributed by atoms with Gasteiger partial charge in [0.2, 0.25) is 0 Å². The molecule has 1 aliphatic rings. The predicted molar refractivity (Wildman–Crippen MR) is 173 cm³/mol. The van der Waals surface area contributed by atoms with E-state index in [1.807, 2.05) is 60.3 Å². The van der Waals surface area contributed by atoms with Crippen molar-refractivity contribution < 1.29 is 9.59 Å². The van der Waals surface area contributed by atoms with Crippen molar-refractivity contribution in [3.63, 3.8) is 0 Å². The quantitative estimate of drug-likeness (QED) is 0.191. The third-order valence-corrected chi connectivity index (χ3v) is 8.41. The fourth-order valence-electron chi connectivity index (χ4n) is 5.58. The minimum Gasteiger partial charge on any atom is -0.378 e. The Balaban J connectivity index is 1.25. The number of likely N-dealkylation sites (tertiary alicyclic amines) is 1. The van der Waals surface area contributed by atoms with E-state index in [-0.39, 0.29) is 11.9 Å². The van der Waals surface area contributed by atoms with Gasteiger partial charge in [0.25, 0.3) is 5.91 Å². The summed E-state index contributed by atoms with van der Waals surface area (Å²) in [5, 5.41) is 6.12. The number of piperidine rings is 1. The lowest BCUT2D eigenvalue weighted by atomic mass is 9.90. The van der Waals surface area contributed by atoms with Gasteiger partial charge in [0.05, 0.1) is 0 Å². The number of amides is 3. The van der Waals surface area contributed by atoms with Gasteiger partial charge in [-0.1, -0.05) is 76.8 Å². The van der Waals surface area contributed by atoms with Crippen LogP contribution < -0.4 is 15.5 Å². The fraction of sp³-hybridized carbons (Fsp3) is 0.600. The molecule has 6 heteroatoms. The number of unbranched alkanes of at least 4 members (excludes halogenated alkanes) is 9. The van der Waals surface area contributed by atoms with Crippen molar-refractivity contribution >= 4 is 23.3 Å². The number of nitrogens with zero attached hydrogens (tertiary/aromatic N) is 2. The third kappa shape index (κ3) is 12.2. The van der Waals surface area contributed by atoms with Crippen LogP contribution in [-0.4, -0.2) is 50.6 Å². The average molecular weight is 563 g/mol. The van der Waals surface area contributed by atoms with Crippen LogP contribution in [0.3, 0.4) is 0 Å². The highest BCUT2D eigenvalue weighted by atomic mass is 16.2. The number of benzene rings is 2. The molecule has 2 aromatic rings. The number of carbonyl (C=O) groups excluding carboxylic acids is 2. The largest absolute Gasteiger partial charge is 0.378 e. The fourth-order valence-corrected chi connectivity index (χ4v) is 5.58. The number of anilines is 2. The Labute approximate surface area is 249 Å². The second kappa shape index (κ2) is 18.4. The molecule has 2 N–H and O–H groups in total. The van der Waals surface area contributed by atoms with Gasteiger partial charge in [0, 0.05) is 50.7 Å². The van der Waals surface area contributed by atoms with Gasteiger partial charge < -0.3 is 20.4 Å². The van der Waals surface area contributed by atoms with Crippen molar-refractivity contribution in [3.8, 4) is 0 Å². The standard InChI is InChI=1S/C35H54N4O2/c1-4-5-6-7-8-9-10-11-12-13-26-36-34(40)31-18-16-29(17-19-31)14-15-30-24-27-39(28-25-30)35(41)37-32-20-22-33(23-21-32)38(2)3/h16-23,30H,4-15,24-28H2,1-3H3,(H,36,40)(H,37,41). The summed E-state index contributed by atoms with van der Waals surface area (Å²) < 4.78 is 0. The van der Waals surface area contributed by atoms with Crippen LogP contribution in [0.25, 0.3) is 0 Å². The Morgan fingerprint density at radius 1 is 0.805 bits per heavy atom. The van der Waals surface area contributed by atoms with Gasteiger partial charge in [-0.25, -0.2) is 4.79 Å². The maximum atomic E-state index is 12.7. The maximum Gasteiger partial charge on any atom is 0.321 e. The summed E-state index contributed by atoms with van der Waals surface area (Å²) in [7, 11) is 4.01. The lowest BCUT2D eigenvalue weighted by Crippen LogP contribution is -2.41. The van der Waals surface area contributed by atoms with E-state index in [1.165, 1.54) is 63.4 Å². The summed E-state index contributed by atoms with van der Waals surface area (Å²) in [5.41, 5.74) is 3.97. The van der Waals surface area contributed by atoms with E-state index in [0.29, 0.717) is 5.92 Å². The average Bonchev–Trinajstić information content (AvgIpc) is 2.99. The third-order valence-electron chi connectivity index (χ3n) is 8.41. The van der Waals surface area contributed by atoms with E-state index >= 15 is 0 Å². The van der Waals surface area contributed by atoms with Crippen molar-refractivity contribution in [1.82, 2.24) is 10.2 Å². The van der Waals surface area contributed by atoms with Gasteiger partial charge in [-0.05, 0) is 80.0 Å². The van der Waals surface area contributed by atoms with Crippen molar-refractivity contribution in [2.75, 3.05) is 43.9 Å². The summed E-state index contributed by atoms with van der Waals surface area (Å²) in [6.45, 7) is 4.62. The van der Waals surface area contributed by atoms with Crippen LogP contribution in [0.5, 0.6) is 0 Å². The number of aryl methyl sites for hydroxylation is 1. The molecular weight excluding hydrogens is 508 g/mol. The zero-order chi connectivity index (χ0) is 29.3. The van der Waals surface area contributed by atoms with E-state index in [1.54, 1.807) is 0 Å². The summed E-state index contributed by atoms with van der Waals surface area (Å²) in [6.07, 6.45) is 17.2. The van der Waals surface area contributed by atoms with Gasteiger partial charge in [0.1, 0.15) is 0 Å². The molecule has 2 aromatic carbocycles. The SMILES string of the molecule is CCCCCCCCCCCCNC(=O)c1ccc(CCC2CCN(C(=O)Nc3ccc(N(C)C)cc3)CC2)cc1. The number of carbonyl (C=O) groups is 2. The normalized spacial score (nSPS) is 13.7.